The fourth-order valence-electron chi connectivity index (χ4n) is 2.07. The molecular formula is C14H17NO. The first-order valence-electron chi connectivity index (χ1n) is 5.43. The molecule has 0 aromatic heterocycles. The normalized spacial score (nSPS) is 24.7. The Balaban J connectivity index is 2.41. The van der Waals surface area contributed by atoms with Crippen LogP contribution in [0.15, 0.2) is 48.2 Å². The summed E-state index contributed by atoms with van der Waals surface area (Å²) < 4.78 is 5.25. The molecule has 2 rings (SSSR count). The van der Waals surface area contributed by atoms with Crippen LogP contribution in [0.3, 0.4) is 0 Å². The van der Waals surface area contributed by atoms with Crippen molar-refractivity contribution in [3.05, 3.63) is 53.8 Å². The maximum atomic E-state index is 6.33. The number of methoxy groups -OCH3 is 1. The number of ether oxygens (including phenoxy) is 1. The van der Waals surface area contributed by atoms with Gasteiger partial charge in [-0.25, -0.2) is 0 Å². The fraction of sp³-hybridized carbons (Fsp3) is 0.286. The number of benzene rings is 1. The van der Waals surface area contributed by atoms with Gasteiger partial charge in [0.25, 0.3) is 0 Å². The second-order valence-electron chi connectivity index (χ2n) is 4.38. The Morgan fingerprint density at radius 2 is 1.88 bits per heavy atom. The highest BCUT2D eigenvalue weighted by molar-refractivity contribution is 5.75. The van der Waals surface area contributed by atoms with Crippen molar-refractivity contribution in [3.63, 3.8) is 0 Å². The lowest BCUT2D eigenvalue weighted by Crippen LogP contribution is -2.39. The van der Waals surface area contributed by atoms with Crippen molar-refractivity contribution in [1.82, 2.24) is 0 Å². The highest BCUT2D eigenvalue weighted by Gasteiger charge is 2.29. The van der Waals surface area contributed by atoms with Crippen LogP contribution in [0.4, 0.5) is 0 Å². The van der Waals surface area contributed by atoms with Gasteiger partial charge in [-0.15, -0.1) is 0 Å². The van der Waals surface area contributed by atoms with E-state index < -0.39 is 0 Å². The first-order valence-corrected chi connectivity index (χ1v) is 5.43. The third kappa shape index (κ3) is 2.02. The molecule has 0 saturated carbocycles. The van der Waals surface area contributed by atoms with Gasteiger partial charge in [-0.3, -0.25) is 0 Å². The van der Waals surface area contributed by atoms with E-state index in [0.717, 1.165) is 17.8 Å². The van der Waals surface area contributed by atoms with E-state index in [2.05, 4.69) is 18.2 Å². The van der Waals surface area contributed by atoms with Gasteiger partial charge in [-0.05, 0) is 24.1 Å². The predicted molar refractivity (Wildman–Crippen MR) is 66.7 cm³/mol. The van der Waals surface area contributed by atoms with Crippen LogP contribution in [0.25, 0.3) is 5.57 Å². The molecule has 2 heteroatoms. The van der Waals surface area contributed by atoms with E-state index in [1.165, 1.54) is 5.56 Å². The average molecular weight is 215 g/mol. The largest absolute Gasteiger partial charge is 0.501 e. The van der Waals surface area contributed by atoms with Crippen LogP contribution in [-0.4, -0.2) is 12.6 Å². The SMILES string of the molecule is COC1=CC=C(c2ccccc2)C(C)(N)C1. The summed E-state index contributed by atoms with van der Waals surface area (Å²) in [5, 5.41) is 0. The van der Waals surface area contributed by atoms with Gasteiger partial charge < -0.3 is 10.5 Å². The van der Waals surface area contributed by atoms with Crippen LogP contribution in [-0.2, 0) is 4.74 Å². The Morgan fingerprint density at radius 1 is 1.19 bits per heavy atom. The van der Waals surface area contributed by atoms with Gasteiger partial charge in [0.05, 0.1) is 12.9 Å². The van der Waals surface area contributed by atoms with Gasteiger partial charge in [0.1, 0.15) is 0 Å². The summed E-state index contributed by atoms with van der Waals surface area (Å²) in [5.41, 5.74) is 8.31. The lowest BCUT2D eigenvalue weighted by Gasteiger charge is -2.31. The zero-order valence-electron chi connectivity index (χ0n) is 9.73. The van der Waals surface area contributed by atoms with Gasteiger partial charge in [-0.2, -0.15) is 0 Å². The van der Waals surface area contributed by atoms with E-state index in [0.29, 0.717) is 0 Å². The van der Waals surface area contributed by atoms with Crippen LogP contribution >= 0.6 is 0 Å². The molecule has 1 aliphatic rings. The Kier molecular flexibility index (Phi) is 2.84. The van der Waals surface area contributed by atoms with Crippen LogP contribution in [0.5, 0.6) is 0 Å². The van der Waals surface area contributed by atoms with Gasteiger partial charge in [0.2, 0.25) is 0 Å². The van der Waals surface area contributed by atoms with Gasteiger partial charge in [-0.1, -0.05) is 36.4 Å². The monoisotopic (exact) mass is 215 g/mol. The van der Waals surface area contributed by atoms with E-state index in [1.54, 1.807) is 7.11 Å². The van der Waals surface area contributed by atoms with Crippen molar-refractivity contribution in [1.29, 1.82) is 0 Å². The minimum absolute atomic E-state index is 0.360. The molecular weight excluding hydrogens is 198 g/mol. The number of hydrogen-bond donors (Lipinski definition) is 1. The topological polar surface area (TPSA) is 35.2 Å². The summed E-state index contributed by atoms with van der Waals surface area (Å²) in [6.45, 7) is 2.04. The quantitative estimate of drug-likeness (QED) is 0.823. The molecule has 1 aromatic rings. The van der Waals surface area contributed by atoms with Crippen molar-refractivity contribution in [2.45, 2.75) is 18.9 Å². The summed E-state index contributed by atoms with van der Waals surface area (Å²) in [5.74, 6) is 0.935. The lowest BCUT2D eigenvalue weighted by molar-refractivity contribution is 0.262. The number of nitrogens with two attached hydrogens (primary N) is 1. The van der Waals surface area contributed by atoms with E-state index >= 15 is 0 Å². The first kappa shape index (κ1) is 11.0. The molecule has 1 unspecified atom stereocenters. The Labute approximate surface area is 96.4 Å². The van der Waals surface area contributed by atoms with Gasteiger partial charge in [0, 0.05) is 12.0 Å². The molecule has 0 radical (unpaired) electrons. The molecule has 0 bridgehead atoms. The second-order valence-corrected chi connectivity index (χ2v) is 4.38. The van der Waals surface area contributed by atoms with Crippen LogP contribution in [0.1, 0.15) is 18.9 Å². The zero-order chi connectivity index (χ0) is 11.6. The first-order chi connectivity index (χ1) is 7.63. The molecule has 2 N–H and O–H groups in total. The summed E-state index contributed by atoms with van der Waals surface area (Å²) in [6.07, 6.45) is 4.79. The van der Waals surface area contributed by atoms with E-state index in [-0.39, 0.29) is 5.54 Å². The van der Waals surface area contributed by atoms with Crippen LogP contribution in [0.2, 0.25) is 0 Å². The molecule has 0 heterocycles. The standard InChI is InChI=1S/C14H17NO/c1-14(15)10-12(16-2)8-9-13(14)11-6-4-3-5-7-11/h3-9H,10,15H2,1-2H3. The molecule has 1 aliphatic carbocycles. The predicted octanol–water partition coefficient (Wildman–Crippen LogP) is 2.72. The minimum atomic E-state index is -0.360. The molecule has 1 atom stereocenters. The smallest absolute Gasteiger partial charge is 0.0977 e. The van der Waals surface area contributed by atoms with Crippen molar-refractivity contribution in [3.8, 4) is 0 Å². The molecule has 0 fully saturated rings. The minimum Gasteiger partial charge on any atom is -0.501 e. The van der Waals surface area contributed by atoms with Crippen molar-refractivity contribution in [2.24, 2.45) is 5.73 Å². The van der Waals surface area contributed by atoms with E-state index in [4.69, 9.17) is 10.5 Å². The summed E-state index contributed by atoms with van der Waals surface area (Å²) >= 11 is 0. The van der Waals surface area contributed by atoms with Gasteiger partial charge in [0.15, 0.2) is 0 Å². The second kappa shape index (κ2) is 4.14. The highest BCUT2D eigenvalue weighted by atomic mass is 16.5. The van der Waals surface area contributed by atoms with Crippen LogP contribution in [0, 0.1) is 0 Å². The van der Waals surface area contributed by atoms with Crippen molar-refractivity contribution >= 4 is 5.57 Å². The molecule has 2 nitrogen and oxygen atoms in total. The molecule has 0 aliphatic heterocycles. The average Bonchev–Trinajstić information content (AvgIpc) is 2.28. The molecule has 0 spiro atoms. The number of rotatable bonds is 2. The highest BCUT2D eigenvalue weighted by Crippen LogP contribution is 2.33. The maximum Gasteiger partial charge on any atom is 0.0977 e. The molecule has 0 saturated heterocycles. The maximum absolute atomic E-state index is 6.33. The number of allylic oxidation sites excluding steroid dienone is 2. The summed E-state index contributed by atoms with van der Waals surface area (Å²) in [6, 6.07) is 10.2. The van der Waals surface area contributed by atoms with Crippen molar-refractivity contribution < 1.29 is 4.74 Å². The summed E-state index contributed by atoms with van der Waals surface area (Å²) in [7, 11) is 1.68. The van der Waals surface area contributed by atoms with Gasteiger partial charge >= 0.3 is 0 Å². The third-order valence-electron chi connectivity index (χ3n) is 2.94. The fourth-order valence-corrected chi connectivity index (χ4v) is 2.07. The number of hydrogen-bond acceptors (Lipinski definition) is 2. The third-order valence-corrected chi connectivity index (χ3v) is 2.94. The Morgan fingerprint density at radius 3 is 2.44 bits per heavy atom. The lowest BCUT2D eigenvalue weighted by atomic mass is 9.81. The summed E-state index contributed by atoms with van der Waals surface area (Å²) in [4.78, 5) is 0. The van der Waals surface area contributed by atoms with E-state index in [1.807, 2.05) is 31.2 Å². The van der Waals surface area contributed by atoms with Crippen molar-refractivity contribution in [2.75, 3.05) is 7.11 Å². The molecule has 16 heavy (non-hydrogen) atoms. The van der Waals surface area contributed by atoms with E-state index in [9.17, 15) is 0 Å². The molecule has 0 amide bonds. The Bertz CT molecular complexity index is 429. The molecule has 84 valence electrons. The zero-order valence-corrected chi connectivity index (χ0v) is 9.73. The molecule has 1 aromatic carbocycles. The Hall–Kier alpha value is -1.54. The van der Waals surface area contributed by atoms with Crippen LogP contribution < -0.4 is 5.73 Å².